The highest BCUT2D eigenvalue weighted by molar-refractivity contribution is 6.32. The average Bonchev–Trinajstić information content (AvgIpc) is 2.35. The second kappa shape index (κ2) is 5.23. The van der Waals surface area contributed by atoms with E-state index >= 15 is 0 Å². The number of hydrogen-bond acceptors (Lipinski definition) is 3. The summed E-state index contributed by atoms with van der Waals surface area (Å²) in [6, 6.07) is 3.62. The van der Waals surface area contributed by atoms with Crippen LogP contribution in [0.5, 0.6) is 0 Å². The molecular weight excluding hydrogens is 236 g/mol. The van der Waals surface area contributed by atoms with E-state index in [0.717, 1.165) is 31.6 Å². The molecule has 1 aliphatic rings. The minimum Gasteiger partial charge on any atom is -0.394 e. The molecule has 94 valence electrons. The van der Waals surface area contributed by atoms with Crippen molar-refractivity contribution in [2.45, 2.75) is 38.1 Å². The van der Waals surface area contributed by atoms with Crippen molar-refractivity contribution < 1.29 is 5.11 Å². The molecule has 1 aromatic heterocycles. The van der Waals surface area contributed by atoms with Gasteiger partial charge in [-0.05, 0) is 43.7 Å². The summed E-state index contributed by atoms with van der Waals surface area (Å²) >= 11 is 6.08. The van der Waals surface area contributed by atoms with E-state index in [1.807, 2.05) is 12.1 Å². The Hall–Kier alpha value is -0.800. The molecule has 1 heterocycles. The van der Waals surface area contributed by atoms with Gasteiger partial charge in [-0.15, -0.1) is 0 Å². The van der Waals surface area contributed by atoms with Gasteiger partial charge in [-0.1, -0.05) is 18.5 Å². The molecule has 0 saturated heterocycles. The highest BCUT2D eigenvalue weighted by Crippen LogP contribution is 2.35. The zero-order chi connectivity index (χ0) is 12.3. The second-order valence-electron chi connectivity index (χ2n) is 5.08. The minimum absolute atomic E-state index is 0.132. The molecule has 0 aliphatic heterocycles. The molecule has 0 atom stereocenters. The van der Waals surface area contributed by atoms with Gasteiger partial charge >= 0.3 is 0 Å². The number of halogens is 1. The van der Waals surface area contributed by atoms with E-state index in [2.05, 4.69) is 17.2 Å². The van der Waals surface area contributed by atoms with Gasteiger partial charge in [0.15, 0.2) is 0 Å². The topological polar surface area (TPSA) is 45.1 Å². The summed E-state index contributed by atoms with van der Waals surface area (Å²) in [4.78, 5) is 4.23. The first-order chi connectivity index (χ1) is 8.15. The Balaban J connectivity index is 2.12. The largest absolute Gasteiger partial charge is 0.394 e. The molecule has 2 rings (SSSR count). The first-order valence-electron chi connectivity index (χ1n) is 6.15. The lowest BCUT2D eigenvalue weighted by Gasteiger charge is -2.39. The molecule has 1 aromatic rings. The SMILES string of the molecule is CC1CCC(CO)(Nc2ncccc2Cl)CC1. The number of nitrogens with zero attached hydrogens (tertiary/aromatic N) is 1. The molecule has 0 unspecified atom stereocenters. The molecule has 4 heteroatoms. The summed E-state index contributed by atoms with van der Waals surface area (Å²) in [5, 5.41) is 13.6. The van der Waals surface area contributed by atoms with Crippen LogP contribution in [0.4, 0.5) is 5.82 Å². The van der Waals surface area contributed by atoms with E-state index in [1.54, 1.807) is 6.20 Å². The fraction of sp³-hybridized carbons (Fsp3) is 0.615. The van der Waals surface area contributed by atoms with Crippen molar-refractivity contribution in [3.8, 4) is 0 Å². The molecule has 2 N–H and O–H groups in total. The summed E-state index contributed by atoms with van der Waals surface area (Å²) in [6.07, 6.45) is 5.93. The van der Waals surface area contributed by atoms with Gasteiger partial charge in [-0.3, -0.25) is 0 Å². The number of rotatable bonds is 3. The molecule has 0 amide bonds. The number of aromatic nitrogens is 1. The van der Waals surface area contributed by atoms with E-state index in [4.69, 9.17) is 11.6 Å². The number of aliphatic hydroxyl groups excluding tert-OH is 1. The van der Waals surface area contributed by atoms with Crippen LogP contribution in [0.1, 0.15) is 32.6 Å². The van der Waals surface area contributed by atoms with Crippen molar-refractivity contribution in [2.24, 2.45) is 5.92 Å². The Morgan fingerprint density at radius 3 is 2.82 bits per heavy atom. The molecule has 0 radical (unpaired) electrons. The standard InChI is InChI=1S/C13H19ClN2O/c1-10-4-6-13(9-17,7-5-10)16-12-11(14)3-2-8-15-12/h2-3,8,10,17H,4-7,9H2,1H3,(H,15,16). The van der Waals surface area contributed by atoms with Gasteiger partial charge in [0.1, 0.15) is 5.82 Å². The predicted molar refractivity (Wildman–Crippen MR) is 70.3 cm³/mol. The predicted octanol–water partition coefficient (Wildman–Crippen LogP) is 3.09. The van der Waals surface area contributed by atoms with Crippen LogP contribution in [-0.4, -0.2) is 22.2 Å². The van der Waals surface area contributed by atoms with Crippen LogP contribution in [-0.2, 0) is 0 Å². The highest BCUT2D eigenvalue weighted by atomic mass is 35.5. The van der Waals surface area contributed by atoms with Crippen molar-refractivity contribution in [3.05, 3.63) is 23.4 Å². The number of anilines is 1. The summed E-state index contributed by atoms with van der Waals surface area (Å²) in [5.41, 5.74) is -0.246. The Morgan fingerprint density at radius 1 is 1.53 bits per heavy atom. The number of pyridine rings is 1. The number of aliphatic hydroxyl groups is 1. The monoisotopic (exact) mass is 254 g/mol. The zero-order valence-corrected chi connectivity index (χ0v) is 10.9. The smallest absolute Gasteiger partial charge is 0.145 e. The zero-order valence-electron chi connectivity index (χ0n) is 10.1. The van der Waals surface area contributed by atoms with Crippen LogP contribution in [0.3, 0.4) is 0 Å². The molecule has 3 nitrogen and oxygen atoms in total. The van der Waals surface area contributed by atoms with Crippen LogP contribution in [0.2, 0.25) is 5.02 Å². The minimum atomic E-state index is -0.246. The van der Waals surface area contributed by atoms with Crippen molar-refractivity contribution in [1.82, 2.24) is 4.98 Å². The number of nitrogens with one attached hydrogen (secondary N) is 1. The Bertz CT molecular complexity index is 375. The van der Waals surface area contributed by atoms with E-state index < -0.39 is 0 Å². The average molecular weight is 255 g/mol. The molecule has 1 fully saturated rings. The summed E-state index contributed by atoms with van der Waals surface area (Å²) in [5.74, 6) is 1.42. The van der Waals surface area contributed by atoms with Crippen LogP contribution in [0, 0.1) is 5.92 Å². The molecule has 1 saturated carbocycles. The molecule has 0 aromatic carbocycles. The third kappa shape index (κ3) is 2.90. The van der Waals surface area contributed by atoms with E-state index in [-0.39, 0.29) is 12.1 Å². The van der Waals surface area contributed by atoms with E-state index in [9.17, 15) is 5.11 Å². The summed E-state index contributed by atoms with van der Waals surface area (Å²) in [6.45, 7) is 2.39. The quantitative estimate of drug-likeness (QED) is 0.871. The van der Waals surface area contributed by atoms with Gasteiger partial charge in [0.2, 0.25) is 0 Å². The maximum absolute atomic E-state index is 9.65. The van der Waals surface area contributed by atoms with Gasteiger partial charge in [0, 0.05) is 6.20 Å². The summed E-state index contributed by atoms with van der Waals surface area (Å²) in [7, 11) is 0. The third-order valence-corrected chi connectivity index (χ3v) is 3.98. The molecule has 0 bridgehead atoms. The molecular formula is C13H19ClN2O. The molecule has 0 spiro atoms. The van der Waals surface area contributed by atoms with Crippen LogP contribution in [0.25, 0.3) is 0 Å². The first-order valence-corrected chi connectivity index (χ1v) is 6.52. The van der Waals surface area contributed by atoms with Gasteiger partial charge in [-0.25, -0.2) is 4.98 Å². The lowest BCUT2D eigenvalue weighted by Crippen LogP contribution is -2.45. The summed E-state index contributed by atoms with van der Waals surface area (Å²) < 4.78 is 0. The third-order valence-electron chi connectivity index (χ3n) is 3.68. The Kier molecular flexibility index (Phi) is 3.89. The van der Waals surface area contributed by atoms with Crippen LogP contribution >= 0.6 is 11.6 Å². The van der Waals surface area contributed by atoms with Gasteiger partial charge < -0.3 is 10.4 Å². The first kappa shape index (κ1) is 12.7. The lowest BCUT2D eigenvalue weighted by atomic mass is 9.77. The fourth-order valence-corrected chi connectivity index (χ4v) is 2.53. The van der Waals surface area contributed by atoms with Crippen LogP contribution < -0.4 is 5.32 Å². The van der Waals surface area contributed by atoms with E-state index in [0.29, 0.717) is 10.8 Å². The Morgan fingerprint density at radius 2 is 2.24 bits per heavy atom. The molecule has 1 aliphatic carbocycles. The maximum Gasteiger partial charge on any atom is 0.145 e. The highest BCUT2D eigenvalue weighted by Gasteiger charge is 2.34. The second-order valence-corrected chi connectivity index (χ2v) is 5.49. The van der Waals surface area contributed by atoms with Crippen molar-refractivity contribution in [2.75, 3.05) is 11.9 Å². The van der Waals surface area contributed by atoms with Crippen molar-refractivity contribution >= 4 is 17.4 Å². The van der Waals surface area contributed by atoms with Gasteiger partial charge in [0.05, 0.1) is 17.2 Å². The fourth-order valence-electron chi connectivity index (χ4n) is 2.37. The van der Waals surface area contributed by atoms with E-state index in [1.165, 1.54) is 0 Å². The molecule has 17 heavy (non-hydrogen) atoms. The van der Waals surface area contributed by atoms with Crippen molar-refractivity contribution in [1.29, 1.82) is 0 Å². The van der Waals surface area contributed by atoms with Crippen molar-refractivity contribution in [3.63, 3.8) is 0 Å². The normalized spacial score (nSPS) is 29.0. The maximum atomic E-state index is 9.65. The Labute approximate surface area is 107 Å². The van der Waals surface area contributed by atoms with Gasteiger partial charge in [0.25, 0.3) is 0 Å². The van der Waals surface area contributed by atoms with Gasteiger partial charge in [-0.2, -0.15) is 0 Å². The van der Waals surface area contributed by atoms with Crippen LogP contribution in [0.15, 0.2) is 18.3 Å². The number of hydrogen-bond donors (Lipinski definition) is 2. The lowest BCUT2D eigenvalue weighted by molar-refractivity contribution is 0.155.